The first-order valence-electron chi connectivity index (χ1n) is 8.36. The summed E-state index contributed by atoms with van der Waals surface area (Å²) < 4.78 is 10.5. The Balaban J connectivity index is 1.73. The van der Waals surface area contributed by atoms with Gasteiger partial charge in [0.1, 0.15) is 11.5 Å². The summed E-state index contributed by atoms with van der Waals surface area (Å²) in [4.78, 5) is 23.4. The van der Waals surface area contributed by atoms with Gasteiger partial charge in [-0.15, -0.1) is 0 Å². The van der Waals surface area contributed by atoms with E-state index in [1.165, 1.54) is 14.2 Å². The summed E-state index contributed by atoms with van der Waals surface area (Å²) >= 11 is 6.11. The molecule has 0 aliphatic carbocycles. The van der Waals surface area contributed by atoms with Crippen LogP contribution in [-0.4, -0.2) is 43.2 Å². The fourth-order valence-corrected chi connectivity index (χ4v) is 3.25. The minimum absolute atomic E-state index is 0.0756. The second-order valence-electron chi connectivity index (χ2n) is 6.01. The fourth-order valence-electron chi connectivity index (χ4n) is 3.02. The van der Waals surface area contributed by atoms with E-state index in [1.807, 2.05) is 4.90 Å². The van der Waals surface area contributed by atoms with E-state index >= 15 is 0 Å². The lowest BCUT2D eigenvalue weighted by atomic mass is 9.97. The van der Waals surface area contributed by atoms with Gasteiger partial charge in [-0.25, -0.2) is 9.97 Å². The van der Waals surface area contributed by atoms with Crippen molar-refractivity contribution >= 4 is 29.1 Å². The zero-order valence-electron chi connectivity index (χ0n) is 14.7. The number of nitrogens with one attached hydrogen (secondary N) is 1. The summed E-state index contributed by atoms with van der Waals surface area (Å²) in [5, 5.41) is 3.36. The maximum atomic E-state index is 12.8. The molecule has 0 bridgehead atoms. The van der Waals surface area contributed by atoms with Crippen LogP contribution in [-0.2, 0) is 4.79 Å². The topological polar surface area (TPSA) is 76.6 Å². The van der Waals surface area contributed by atoms with Crippen LogP contribution in [0.1, 0.15) is 12.8 Å². The highest BCUT2D eigenvalue weighted by Crippen LogP contribution is 2.36. The molecule has 0 radical (unpaired) electrons. The van der Waals surface area contributed by atoms with E-state index in [-0.39, 0.29) is 11.8 Å². The van der Waals surface area contributed by atoms with Gasteiger partial charge in [0.2, 0.25) is 11.9 Å². The van der Waals surface area contributed by atoms with Crippen LogP contribution in [0.5, 0.6) is 11.5 Å². The van der Waals surface area contributed by atoms with Gasteiger partial charge in [0.05, 0.1) is 30.8 Å². The summed E-state index contributed by atoms with van der Waals surface area (Å²) in [6.45, 7) is 1.41. The first kappa shape index (κ1) is 18.3. The third-order valence-electron chi connectivity index (χ3n) is 4.36. The molecule has 1 fully saturated rings. The molecule has 3 rings (SSSR count). The average Bonchev–Trinajstić information content (AvgIpc) is 2.69. The molecular weight excluding hydrogens is 356 g/mol. The van der Waals surface area contributed by atoms with Gasteiger partial charge in [0.15, 0.2) is 0 Å². The lowest BCUT2D eigenvalue weighted by Gasteiger charge is -2.32. The van der Waals surface area contributed by atoms with Crippen molar-refractivity contribution in [1.82, 2.24) is 9.97 Å². The van der Waals surface area contributed by atoms with Gasteiger partial charge in [0.25, 0.3) is 0 Å². The standard InChI is InChI=1S/C18H21ClN4O3/c1-25-15-10-14(16(26-2)9-13(15)19)22-17(24)12-5-3-8-23(11-12)18-20-6-4-7-21-18/h4,6-7,9-10,12H,3,5,8,11H2,1-2H3,(H,22,24). The highest BCUT2D eigenvalue weighted by molar-refractivity contribution is 6.32. The molecule has 7 nitrogen and oxygen atoms in total. The van der Waals surface area contributed by atoms with Crippen LogP contribution < -0.4 is 19.7 Å². The number of carbonyl (C=O) groups excluding carboxylic acids is 1. The van der Waals surface area contributed by atoms with Crippen molar-refractivity contribution in [2.24, 2.45) is 5.92 Å². The summed E-state index contributed by atoms with van der Waals surface area (Å²) in [7, 11) is 3.06. The van der Waals surface area contributed by atoms with Crippen molar-refractivity contribution in [3.05, 3.63) is 35.6 Å². The van der Waals surface area contributed by atoms with E-state index in [4.69, 9.17) is 21.1 Å². The van der Waals surface area contributed by atoms with Gasteiger partial charge in [0, 0.05) is 37.6 Å². The average molecular weight is 377 g/mol. The van der Waals surface area contributed by atoms with Gasteiger partial charge in [-0.3, -0.25) is 4.79 Å². The zero-order valence-corrected chi connectivity index (χ0v) is 15.5. The maximum absolute atomic E-state index is 12.8. The number of halogens is 1. The summed E-state index contributed by atoms with van der Waals surface area (Å²) in [6, 6.07) is 5.07. The van der Waals surface area contributed by atoms with E-state index in [9.17, 15) is 4.79 Å². The number of hydrogen-bond donors (Lipinski definition) is 1. The predicted octanol–water partition coefficient (Wildman–Crippen LogP) is 3.00. The van der Waals surface area contributed by atoms with Crippen LogP contribution >= 0.6 is 11.6 Å². The number of aromatic nitrogens is 2. The van der Waals surface area contributed by atoms with Crippen molar-refractivity contribution in [1.29, 1.82) is 0 Å². The van der Waals surface area contributed by atoms with E-state index in [2.05, 4.69) is 15.3 Å². The number of amides is 1. The molecule has 0 spiro atoms. The predicted molar refractivity (Wildman–Crippen MR) is 100 cm³/mol. The van der Waals surface area contributed by atoms with Gasteiger partial charge in [-0.1, -0.05) is 11.6 Å². The second kappa shape index (κ2) is 8.23. The molecule has 1 amide bonds. The molecule has 1 atom stereocenters. The SMILES string of the molecule is COc1cc(NC(=O)C2CCCN(c3ncccn3)C2)c(OC)cc1Cl. The van der Waals surface area contributed by atoms with E-state index in [0.717, 1.165) is 19.4 Å². The number of nitrogens with zero attached hydrogens (tertiary/aromatic N) is 3. The fraction of sp³-hybridized carbons (Fsp3) is 0.389. The molecule has 2 heterocycles. The largest absolute Gasteiger partial charge is 0.495 e. The number of hydrogen-bond acceptors (Lipinski definition) is 6. The third-order valence-corrected chi connectivity index (χ3v) is 4.65. The van der Waals surface area contributed by atoms with Crippen molar-refractivity contribution < 1.29 is 14.3 Å². The molecule has 0 saturated carbocycles. The highest BCUT2D eigenvalue weighted by atomic mass is 35.5. The number of benzene rings is 1. The molecule has 1 unspecified atom stereocenters. The Hall–Kier alpha value is -2.54. The summed E-state index contributed by atoms with van der Waals surface area (Å²) in [5.74, 6) is 1.37. The van der Waals surface area contributed by atoms with Crippen LogP contribution in [0.3, 0.4) is 0 Å². The Bertz CT molecular complexity index is 773. The molecule has 1 aliphatic heterocycles. The lowest BCUT2D eigenvalue weighted by Crippen LogP contribution is -2.41. The third kappa shape index (κ3) is 3.99. The zero-order chi connectivity index (χ0) is 18.5. The van der Waals surface area contributed by atoms with Crippen molar-refractivity contribution in [3.8, 4) is 11.5 Å². The molecular formula is C18H21ClN4O3. The van der Waals surface area contributed by atoms with Crippen LogP contribution in [0.15, 0.2) is 30.6 Å². The Morgan fingerprint density at radius 2 is 1.96 bits per heavy atom. The number of methoxy groups -OCH3 is 2. The first-order chi connectivity index (χ1) is 12.6. The number of anilines is 2. The van der Waals surface area contributed by atoms with Crippen LogP contribution in [0.25, 0.3) is 0 Å². The molecule has 2 aromatic rings. The van der Waals surface area contributed by atoms with Gasteiger partial charge in [-0.2, -0.15) is 0 Å². The van der Waals surface area contributed by atoms with Gasteiger partial charge >= 0.3 is 0 Å². The molecule has 26 heavy (non-hydrogen) atoms. The van der Waals surface area contributed by atoms with Crippen LogP contribution in [0, 0.1) is 5.92 Å². The smallest absolute Gasteiger partial charge is 0.229 e. The Morgan fingerprint density at radius 1 is 1.23 bits per heavy atom. The van der Waals surface area contributed by atoms with Gasteiger partial charge < -0.3 is 19.7 Å². The molecule has 1 aromatic carbocycles. The summed E-state index contributed by atoms with van der Waals surface area (Å²) in [6.07, 6.45) is 5.12. The van der Waals surface area contributed by atoms with Crippen molar-refractivity contribution in [2.75, 3.05) is 37.5 Å². The minimum atomic E-state index is -0.168. The number of carbonyl (C=O) groups is 1. The summed E-state index contributed by atoms with van der Waals surface area (Å²) in [5.41, 5.74) is 0.534. The van der Waals surface area contributed by atoms with Crippen LogP contribution in [0.2, 0.25) is 5.02 Å². The molecule has 138 valence electrons. The second-order valence-corrected chi connectivity index (χ2v) is 6.42. The Morgan fingerprint density at radius 3 is 2.65 bits per heavy atom. The quantitative estimate of drug-likeness (QED) is 0.864. The number of rotatable bonds is 5. The van der Waals surface area contributed by atoms with Gasteiger partial charge in [-0.05, 0) is 18.9 Å². The number of ether oxygens (including phenoxy) is 2. The molecule has 1 saturated heterocycles. The molecule has 1 N–H and O–H groups in total. The Kier molecular flexibility index (Phi) is 5.78. The Labute approximate surface area is 157 Å². The normalized spacial score (nSPS) is 16.9. The first-order valence-corrected chi connectivity index (χ1v) is 8.74. The highest BCUT2D eigenvalue weighted by Gasteiger charge is 2.28. The molecule has 8 heteroatoms. The van der Waals surface area contributed by atoms with Crippen LogP contribution in [0.4, 0.5) is 11.6 Å². The monoisotopic (exact) mass is 376 g/mol. The minimum Gasteiger partial charge on any atom is -0.495 e. The lowest BCUT2D eigenvalue weighted by molar-refractivity contribution is -0.120. The van der Waals surface area contributed by atoms with E-state index < -0.39 is 0 Å². The van der Waals surface area contributed by atoms with E-state index in [1.54, 1.807) is 30.6 Å². The van der Waals surface area contributed by atoms with Crippen molar-refractivity contribution in [2.45, 2.75) is 12.8 Å². The molecule has 1 aliphatic rings. The van der Waals surface area contributed by atoms with E-state index in [0.29, 0.717) is 34.7 Å². The van der Waals surface area contributed by atoms with Crippen molar-refractivity contribution in [3.63, 3.8) is 0 Å². The maximum Gasteiger partial charge on any atom is 0.229 e. The number of piperidine rings is 1. The molecule has 1 aromatic heterocycles.